The number of benzene rings is 3. The molecule has 0 aliphatic heterocycles. The maximum absolute atomic E-state index is 13.3. The molecular formula is C32H33F3N4O2. The van der Waals surface area contributed by atoms with Crippen LogP contribution in [0.3, 0.4) is 0 Å². The van der Waals surface area contributed by atoms with E-state index >= 15 is 0 Å². The van der Waals surface area contributed by atoms with E-state index < -0.39 is 29.0 Å². The third kappa shape index (κ3) is 5.48. The molecule has 2 aliphatic carbocycles. The van der Waals surface area contributed by atoms with Gasteiger partial charge in [-0.1, -0.05) is 60.7 Å². The van der Waals surface area contributed by atoms with Gasteiger partial charge in [0, 0.05) is 17.5 Å². The molecule has 214 valence electrons. The van der Waals surface area contributed by atoms with Gasteiger partial charge in [-0.3, -0.25) is 0 Å². The molecule has 41 heavy (non-hydrogen) atoms. The Kier molecular flexibility index (Phi) is 7.11. The Morgan fingerprint density at radius 1 is 0.902 bits per heavy atom. The van der Waals surface area contributed by atoms with Crippen molar-refractivity contribution in [3.63, 3.8) is 0 Å². The first kappa shape index (κ1) is 27.5. The van der Waals surface area contributed by atoms with Crippen molar-refractivity contribution in [2.45, 2.75) is 68.5 Å². The molecular weight excluding hydrogens is 529 g/mol. The van der Waals surface area contributed by atoms with E-state index in [0.29, 0.717) is 43.2 Å². The molecule has 0 saturated heterocycles. The largest absolute Gasteiger partial charge is 0.479 e. The van der Waals surface area contributed by atoms with Crippen molar-refractivity contribution >= 4 is 0 Å². The van der Waals surface area contributed by atoms with Gasteiger partial charge in [0.15, 0.2) is 17.2 Å². The zero-order valence-corrected chi connectivity index (χ0v) is 22.6. The van der Waals surface area contributed by atoms with Crippen LogP contribution in [0, 0.1) is 5.92 Å². The molecule has 1 atom stereocenters. The van der Waals surface area contributed by atoms with Gasteiger partial charge < -0.3 is 15.6 Å². The van der Waals surface area contributed by atoms with Crippen LogP contribution in [0.2, 0.25) is 0 Å². The summed E-state index contributed by atoms with van der Waals surface area (Å²) in [5, 5.41) is 15.8. The third-order valence-electron chi connectivity index (χ3n) is 8.60. The molecule has 0 spiro atoms. The van der Waals surface area contributed by atoms with Crippen molar-refractivity contribution in [2.75, 3.05) is 0 Å². The summed E-state index contributed by atoms with van der Waals surface area (Å²) in [7, 11) is 0. The Labute approximate surface area is 237 Å². The zero-order chi connectivity index (χ0) is 28.7. The molecule has 6 rings (SSSR count). The fraction of sp³-hybridized carbons (Fsp3) is 0.375. The molecule has 0 radical (unpaired) electrons. The summed E-state index contributed by atoms with van der Waals surface area (Å²) >= 11 is 0. The average molecular weight is 563 g/mol. The Hall–Kier alpha value is -3.69. The number of nitrogens with two attached hydrogens (primary N) is 1. The van der Waals surface area contributed by atoms with Gasteiger partial charge in [0.1, 0.15) is 12.0 Å². The van der Waals surface area contributed by atoms with Gasteiger partial charge in [0.25, 0.3) is 0 Å². The molecule has 6 nitrogen and oxygen atoms in total. The minimum atomic E-state index is -4.44. The van der Waals surface area contributed by atoms with E-state index in [1.807, 2.05) is 65.3 Å². The summed E-state index contributed by atoms with van der Waals surface area (Å²) in [6, 6.07) is 24.3. The maximum Gasteiger partial charge on any atom is 0.416 e. The molecule has 4 aromatic rings. The predicted octanol–water partition coefficient (Wildman–Crippen LogP) is 6.44. The van der Waals surface area contributed by atoms with Crippen LogP contribution < -0.4 is 10.5 Å². The molecule has 3 aromatic carbocycles. The minimum absolute atomic E-state index is 0.304. The number of hydrogen-bond donors (Lipinski definition) is 2. The number of aliphatic hydroxyl groups excluding tert-OH is 1. The van der Waals surface area contributed by atoms with Crippen LogP contribution in [0.25, 0.3) is 11.4 Å². The van der Waals surface area contributed by atoms with Gasteiger partial charge in [0.05, 0.1) is 5.56 Å². The lowest BCUT2D eigenvalue weighted by atomic mass is 9.64. The van der Waals surface area contributed by atoms with E-state index in [4.69, 9.17) is 20.6 Å². The summed E-state index contributed by atoms with van der Waals surface area (Å²) in [6.45, 7) is 0.739. The normalized spacial score (nSPS) is 23.7. The second kappa shape index (κ2) is 10.6. The molecule has 2 saturated carbocycles. The lowest BCUT2D eigenvalue weighted by molar-refractivity contribution is -0.137. The standard InChI is InChI=1S/C32H33F3N4O2/c33-32(34,35)25-13-15-26(16-14-25)41-31(19-17-30(18-20-31,28(36)40)24-9-5-2-6-10-24)29-37-27(23-7-3-1-4-8-23)39(38-29)21-22-11-12-22/h1-10,13-16,22,28,40H,11-12,17-21,36H2. The van der Waals surface area contributed by atoms with Crippen molar-refractivity contribution in [2.24, 2.45) is 11.7 Å². The number of aliphatic hydroxyl groups is 1. The number of ether oxygens (including phenoxy) is 1. The van der Waals surface area contributed by atoms with Crippen molar-refractivity contribution in [3.05, 3.63) is 102 Å². The van der Waals surface area contributed by atoms with Crippen molar-refractivity contribution in [1.82, 2.24) is 14.8 Å². The number of nitrogens with zero attached hydrogens (tertiary/aromatic N) is 3. The second-order valence-electron chi connectivity index (χ2n) is 11.3. The topological polar surface area (TPSA) is 86.2 Å². The van der Waals surface area contributed by atoms with E-state index in [9.17, 15) is 18.3 Å². The number of alkyl halides is 3. The van der Waals surface area contributed by atoms with Gasteiger partial charge in [-0.2, -0.15) is 18.3 Å². The van der Waals surface area contributed by atoms with Crippen LogP contribution in [0.4, 0.5) is 13.2 Å². The highest BCUT2D eigenvalue weighted by Crippen LogP contribution is 2.50. The van der Waals surface area contributed by atoms with Crippen LogP contribution in [0.5, 0.6) is 5.75 Å². The summed E-state index contributed by atoms with van der Waals surface area (Å²) in [4.78, 5) is 5.03. The van der Waals surface area contributed by atoms with Crippen LogP contribution in [-0.2, 0) is 23.7 Å². The molecule has 1 unspecified atom stereocenters. The fourth-order valence-electron chi connectivity index (χ4n) is 5.94. The number of aromatic nitrogens is 3. The first-order valence-corrected chi connectivity index (χ1v) is 14.0. The maximum atomic E-state index is 13.3. The highest BCUT2D eigenvalue weighted by Gasteiger charge is 2.51. The number of hydrogen-bond acceptors (Lipinski definition) is 5. The Bertz CT molecular complexity index is 1460. The average Bonchev–Trinajstić information content (AvgIpc) is 3.69. The zero-order valence-electron chi connectivity index (χ0n) is 22.6. The van der Waals surface area contributed by atoms with Crippen LogP contribution >= 0.6 is 0 Å². The Morgan fingerprint density at radius 2 is 1.51 bits per heavy atom. The fourth-order valence-corrected chi connectivity index (χ4v) is 5.94. The summed E-state index contributed by atoms with van der Waals surface area (Å²) in [6.07, 6.45) is -1.47. The van der Waals surface area contributed by atoms with Gasteiger partial charge in [0.2, 0.25) is 0 Å². The summed E-state index contributed by atoms with van der Waals surface area (Å²) in [5.74, 6) is 2.08. The van der Waals surface area contributed by atoms with Crippen molar-refractivity contribution in [1.29, 1.82) is 0 Å². The van der Waals surface area contributed by atoms with E-state index in [2.05, 4.69) is 0 Å². The van der Waals surface area contributed by atoms with E-state index in [0.717, 1.165) is 48.5 Å². The van der Waals surface area contributed by atoms with Crippen molar-refractivity contribution < 1.29 is 23.0 Å². The predicted molar refractivity (Wildman–Crippen MR) is 149 cm³/mol. The lowest BCUT2D eigenvalue weighted by Crippen LogP contribution is -2.52. The van der Waals surface area contributed by atoms with E-state index in [1.54, 1.807) is 0 Å². The molecule has 9 heteroatoms. The molecule has 2 fully saturated rings. The summed E-state index contributed by atoms with van der Waals surface area (Å²) < 4.78 is 48.3. The third-order valence-corrected chi connectivity index (χ3v) is 8.60. The highest BCUT2D eigenvalue weighted by molar-refractivity contribution is 5.55. The Morgan fingerprint density at radius 3 is 2.07 bits per heavy atom. The SMILES string of the molecule is NC(O)C1(c2ccccc2)CCC(Oc2ccc(C(F)(F)F)cc2)(c2nc(-c3ccccc3)n(CC3CC3)n2)CC1. The Balaban J connectivity index is 1.40. The quantitative estimate of drug-likeness (QED) is 0.242. The highest BCUT2D eigenvalue weighted by atomic mass is 19.4. The van der Waals surface area contributed by atoms with Crippen LogP contribution in [0.15, 0.2) is 84.9 Å². The molecule has 1 aromatic heterocycles. The number of halogens is 3. The van der Waals surface area contributed by atoms with Gasteiger partial charge in [-0.25, -0.2) is 9.67 Å². The molecule has 0 amide bonds. The van der Waals surface area contributed by atoms with Gasteiger partial charge in [-0.15, -0.1) is 0 Å². The van der Waals surface area contributed by atoms with E-state index in [1.165, 1.54) is 12.1 Å². The lowest BCUT2D eigenvalue weighted by Gasteiger charge is -2.46. The number of rotatable bonds is 8. The first-order valence-electron chi connectivity index (χ1n) is 14.0. The van der Waals surface area contributed by atoms with Crippen LogP contribution in [0.1, 0.15) is 55.5 Å². The monoisotopic (exact) mass is 562 g/mol. The molecule has 3 N–H and O–H groups in total. The second-order valence-corrected chi connectivity index (χ2v) is 11.3. The van der Waals surface area contributed by atoms with E-state index in [-0.39, 0.29) is 0 Å². The van der Waals surface area contributed by atoms with Crippen molar-refractivity contribution in [3.8, 4) is 17.1 Å². The van der Waals surface area contributed by atoms with Gasteiger partial charge in [-0.05, 0) is 74.3 Å². The van der Waals surface area contributed by atoms with Crippen LogP contribution in [-0.4, -0.2) is 26.1 Å². The molecule has 2 aliphatic rings. The van der Waals surface area contributed by atoms with Gasteiger partial charge >= 0.3 is 6.18 Å². The minimum Gasteiger partial charge on any atom is -0.479 e. The molecule has 1 heterocycles. The first-order chi connectivity index (χ1) is 19.7. The molecule has 0 bridgehead atoms. The smallest absolute Gasteiger partial charge is 0.416 e. The summed E-state index contributed by atoms with van der Waals surface area (Å²) in [5.41, 5.74) is 5.62.